The summed E-state index contributed by atoms with van der Waals surface area (Å²) in [4.78, 5) is 13.8. The van der Waals surface area contributed by atoms with Crippen LogP contribution in [0.2, 0.25) is 0 Å². The van der Waals surface area contributed by atoms with Crippen LogP contribution in [-0.4, -0.2) is 48.9 Å². The molecule has 1 aromatic carbocycles. The first-order chi connectivity index (χ1) is 11.1. The molecule has 0 saturated heterocycles. The summed E-state index contributed by atoms with van der Waals surface area (Å²) in [6.45, 7) is 0.895. The van der Waals surface area contributed by atoms with Crippen LogP contribution in [0.25, 0.3) is 0 Å². The number of benzene rings is 1. The van der Waals surface area contributed by atoms with Gasteiger partial charge >= 0.3 is 6.03 Å². The minimum absolute atomic E-state index is 0.125. The molecule has 0 spiro atoms. The lowest BCUT2D eigenvalue weighted by atomic mass is 9.86. The minimum atomic E-state index is -0.343. The van der Waals surface area contributed by atoms with Crippen molar-refractivity contribution in [3.63, 3.8) is 0 Å². The largest absolute Gasteiger partial charge is 0.492 e. The quantitative estimate of drug-likeness (QED) is 0.790. The molecule has 1 fully saturated rings. The molecule has 2 N–H and O–H groups in total. The zero-order valence-corrected chi connectivity index (χ0v) is 13.5. The molecule has 1 aliphatic carbocycles. The van der Waals surface area contributed by atoms with Crippen LogP contribution in [0, 0.1) is 11.7 Å². The Bertz CT molecular complexity index is 504. The number of carbonyl (C=O) groups excluding carboxylic acids is 1. The van der Waals surface area contributed by atoms with Gasteiger partial charge < -0.3 is 20.1 Å². The van der Waals surface area contributed by atoms with Gasteiger partial charge in [-0.3, -0.25) is 0 Å². The van der Waals surface area contributed by atoms with Crippen LogP contribution in [0.4, 0.5) is 9.18 Å². The van der Waals surface area contributed by atoms with E-state index in [2.05, 4.69) is 5.32 Å². The molecule has 2 rings (SSSR count). The number of nitrogens with one attached hydrogen (secondary N) is 1. The average molecular weight is 324 g/mol. The molecule has 6 heteroatoms. The number of hydrogen-bond donors (Lipinski definition) is 2. The number of halogens is 1. The smallest absolute Gasteiger partial charge is 0.317 e. The maximum absolute atomic E-state index is 13.0. The topological polar surface area (TPSA) is 61.8 Å². The molecule has 0 aliphatic heterocycles. The maximum atomic E-state index is 13.0. The van der Waals surface area contributed by atoms with E-state index in [4.69, 9.17) is 9.84 Å². The van der Waals surface area contributed by atoms with Crippen molar-refractivity contribution in [3.8, 4) is 5.75 Å². The van der Waals surface area contributed by atoms with Crippen molar-refractivity contribution in [2.24, 2.45) is 5.92 Å². The van der Waals surface area contributed by atoms with Gasteiger partial charge in [-0.15, -0.1) is 0 Å². The lowest BCUT2D eigenvalue weighted by Crippen LogP contribution is -2.46. The van der Waals surface area contributed by atoms with E-state index in [1.165, 1.54) is 12.1 Å². The van der Waals surface area contributed by atoms with Gasteiger partial charge in [-0.25, -0.2) is 9.18 Å². The highest BCUT2D eigenvalue weighted by Gasteiger charge is 2.25. The molecule has 1 saturated carbocycles. The number of urea groups is 1. The summed E-state index contributed by atoms with van der Waals surface area (Å²) in [5.74, 6) is 0.488. The van der Waals surface area contributed by atoms with Gasteiger partial charge in [-0.05, 0) is 43.7 Å². The standard InChI is InChI=1S/C17H25FN2O3/c1-20(15-7-5-13(12-21)6-8-15)17(22)19-9-10-23-16-4-2-3-14(18)11-16/h2-4,11,13,15,21H,5-10,12H2,1H3,(H,19,22). The highest BCUT2D eigenvalue weighted by Crippen LogP contribution is 2.26. The Morgan fingerprint density at radius 2 is 2.13 bits per heavy atom. The Balaban J connectivity index is 1.66. The normalized spacial score (nSPS) is 20.8. The molecule has 2 amide bonds. The molecular formula is C17H25FN2O3. The third kappa shape index (κ3) is 5.39. The van der Waals surface area contributed by atoms with E-state index in [9.17, 15) is 9.18 Å². The van der Waals surface area contributed by atoms with E-state index in [-0.39, 0.29) is 24.5 Å². The van der Waals surface area contributed by atoms with Gasteiger partial charge in [0.25, 0.3) is 0 Å². The second-order valence-corrected chi connectivity index (χ2v) is 6.01. The van der Waals surface area contributed by atoms with Gasteiger partial charge in [0.2, 0.25) is 0 Å². The Hall–Kier alpha value is -1.82. The van der Waals surface area contributed by atoms with E-state index in [1.54, 1.807) is 24.1 Å². The fraction of sp³-hybridized carbons (Fsp3) is 0.588. The first kappa shape index (κ1) is 17.5. The Morgan fingerprint density at radius 3 is 2.78 bits per heavy atom. The predicted octanol–water partition coefficient (Wildman–Crippen LogP) is 2.40. The van der Waals surface area contributed by atoms with Crippen molar-refractivity contribution in [2.45, 2.75) is 31.7 Å². The van der Waals surface area contributed by atoms with Crippen LogP contribution in [0.5, 0.6) is 5.75 Å². The molecule has 0 aromatic heterocycles. The molecule has 1 aromatic rings. The van der Waals surface area contributed by atoms with Crippen LogP contribution in [0.3, 0.4) is 0 Å². The molecule has 0 bridgehead atoms. The van der Waals surface area contributed by atoms with Crippen molar-refractivity contribution in [3.05, 3.63) is 30.1 Å². The van der Waals surface area contributed by atoms with Crippen LogP contribution in [0.15, 0.2) is 24.3 Å². The third-order valence-electron chi connectivity index (χ3n) is 4.39. The van der Waals surface area contributed by atoms with Gasteiger partial charge in [-0.2, -0.15) is 0 Å². The van der Waals surface area contributed by atoms with Crippen molar-refractivity contribution in [1.82, 2.24) is 10.2 Å². The highest BCUT2D eigenvalue weighted by molar-refractivity contribution is 5.74. The minimum Gasteiger partial charge on any atom is -0.492 e. The maximum Gasteiger partial charge on any atom is 0.317 e. The SMILES string of the molecule is CN(C(=O)NCCOc1cccc(F)c1)C1CCC(CO)CC1. The van der Waals surface area contributed by atoms with Gasteiger partial charge in [0, 0.05) is 25.8 Å². The van der Waals surface area contributed by atoms with Gasteiger partial charge in [0.15, 0.2) is 0 Å². The molecule has 23 heavy (non-hydrogen) atoms. The second-order valence-electron chi connectivity index (χ2n) is 6.01. The summed E-state index contributed by atoms with van der Waals surface area (Å²) < 4.78 is 18.4. The fourth-order valence-corrected chi connectivity index (χ4v) is 2.89. The van der Waals surface area contributed by atoms with Crippen LogP contribution in [-0.2, 0) is 0 Å². The Morgan fingerprint density at radius 1 is 1.39 bits per heavy atom. The van der Waals surface area contributed by atoms with Crippen molar-refractivity contribution < 1.29 is 19.0 Å². The molecule has 128 valence electrons. The summed E-state index contributed by atoms with van der Waals surface area (Å²) in [5, 5.41) is 12.0. The monoisotopic (exact) mass is 324 g/mol. The van der Waals surface area contributed by atoms with E-state index >= 15 is 0 Å². The number of aliphatic hydroxyl groups is 1. The van der Waals surface area contributed by atoms with E-state index < -0.39 is 0 Å². The summed E-state index contributed by atoms with van der Waals surface area (Å²) >= 11 is 0. The Labute approximate surface area is 136 Å². The lowest BCUT2D eigenvalue weighted by Gasteiger charge is -2.34. The Kier molecular flexibility index (Phi) is 6.65. The summed E-state index contributed by atoms with van der Waals surface area (Å²) in [5.41, 5.74) is 0. The van der Waals surface area contributed by atoms with Gasteiger partial charge in [0.05, 0.1) is 6.54 Å². The van der Waals surface area contributed by atoms with Crippen molar-refractivity contribution >= 4 is 6.03 Å². The first-order valence-electron chi connectivity index (χ1n) is 8.10. The van der Waals surface area contributed by atoms with Crippen molar-refractivity contribution in [2.75, 3.05) is 26.8 Å². The summed E-state index contributed by atoms with van der Waals surface area (Å²) in [7, 11) is 1.80. The molecule has 0 unspecified atom stereocenters. The number of aliphatic hydroxyl groups excluding tert-OH is 1. The first-order valence-corrected chi connectivity index (χ1v) is 8.10. The second kappa shape index (κ2) is 8.72. The zero-order valence-electron chi connectivity index (χ0n) is 13.5. The fourth-order valence-electron chi connectivity index (χ4n) is 2.89. The molecule has 5 nitrogen and oxygen atoms in total. The van der Waals surface area contributed by atoms with E-state index in [1.807, 2.05) is 0 Å². The summed E-state index contributed by atoms with van der Waals surface area (Å²) in [6, 6.07) is 6.03. The van der Waals surface area contributed by atoms with E-state index in [0.29, 0.717) is 24.8 Å². The average Bonchev–Trinajstić information content (AvgIpc) is 2.58. The number of rotatable bonds is 6. The lowest BCUT2D eigenvalue weighted by molar-refractivity contribution is 0.133. The number of ether oxygens (including phenoxy) is 1. The molecular weight excluding hydrogens is 299 g/mol. The van der Waals surface area contributed by atoms with E-state index in [0.717, 1.165) is 25.7 Å². The number of nitrogens with zero attached hydrogens (tertiary/aromatic N) is 1. The van der Waals surface area contributed by atoms with Crippen molar-refractivity contribution in [1.29, 1.82) is 0 Å². The molecule has 1 aliphatic rings. The third-order valence-corrected chi connectivity index (χ3v) is 4.39. The van der Waals surface area contributed by atoms with Crippen LogP contribution in [0.1, 0.15) is 25.7 Å². The predicted molar refractivity (Wildman–Crippen MR) is 85.9 cm³/mol. The van der Waals surface area contributed by atoms with Gasteiger partial charge in [-0.1, -0.05) is 6.07 Å². The van der Waals surface area contributed by atoms with Crippen LogP contribution >= 0.6 is 0 Å². The van der Waals surface area contributed by atoms with Gasteiger partial charge in [0.1, 0.15) is 18.2 Å². The zero-order chi connectivity index (χ0) is 16.7. The highest BCUT2D eigenvalue weighted by atomic mass is 19.1. The molecule has 0 atom stereocenters. The molecule has 0 heterocycles. The number of amides is 2. The van der Waals surface area contributed by atoms with Crippen LogP contribution < -0.4 is 10.1 Å². The number of carbonyl (C=O) groups is 1. The molecule has 0 radical (unpaired) electrons. The number of hydrogen-bond acceptors (Lipinski definition) is 3. The summed E-state index contributed by atoms with van der Waals surface area (Å²) in [6.07, 6.45) is 3.77.